The zero-order valence-corrected chi connectivity index (χ0v) is 22.6. The summed E-state index contributed by atoms with van der Waals surface area (Å²) in [4.78, 5) is 19.3. The van der Waals surface area contributed by atoms with Gasteiger partial charge in [0.25, 0.3) is 0 Å². The minimum Gasteiger partial charge on any atom is -0.481 e. The molecular formula is C28H31F3N4O3S. The van der Waals surface area contributed by atoms with E-state index in [0.717, 1.165) is 34.0 Å². The zero-order chi connectivity index (χ0) is 28.2. The number of carbonyl (C=O) groups is 1. The second-order valence-corrected chi connectivity index (χ2v) is 11.1. The molecule has 1 aliphatic rings. The van der Waals surface area contributed by atoms with Crippen molar-refractivity contribution >= 4 is 22.9 Å². The molecule has 208 valence electrons. The summed E-state index contributed by atoms with van der Waals surface area (Å²) >= 11 is 1.54. The van der Waals surface area contributed by atoms with Crippen molar-refractivity contribution < 1.29 is 27.8 Å². The van der Waals surface area contributed by atoms with E-state index < -0.39 is 36.4 Å². The topological polar surface area (TPSA) is 88.4 Å². The molecule has 1 amide bonds. The van der Waals surface area contributed by atoms with Crippen LogP contribution in [0.4, 0.5) is 18.9 Å². The van der Waals surface area contributed by atoms with Crippen LogP contribution >= 0.6 is 11.3 Å². The molecule has 0 saturated heterocycles. The Morgan fingerprint density at radius 1 is 1.28 bits per heavy atom. The summed E-state index contributed by atoms with van der Waals surface area (Å²) in [5.41, 5.74) is -0.652. The Bertz CT molecular complexity index is 1310. The van der Waals surface area contributed by atoms with E-state index in [0.29, 0.717) is 18.0 Å². The van der Waals surface area contributed by atoms with Crippen molar-refractivity contribution in [2.24, 2.45) is 11.8 Å². The summed E-state index contributed by atoms with van der Waals surface area (Å²) in [6, 6.07) is 10.8. The van der Waals surface area contributed by atoms with Crippen LogP contribution in [0.5, 0.6) is 5.88 Å². The van der Waals surface area contributed by atoms with Gasteiger partial charge in [0, 0.05) is 36.8 Å². The Morgan fingerprint density at radius 2 is 2.03 bits per heavy atom. The third kappa shape index (κ3) is 6.65. The van der Waals surface area contributed by atoms with Gasteiger partial charge < -0.3 is 14.7 Å². The maximum absolute atomic E-state index is 13.6. The fourth-order valence-electron chi connectivity index (χ4n) is 4.73. The summed E-state index contributed by atoms with van der Waals surface area (Å²) in [5, 5.41) is 20.0. The van der Waals surface area contributed by atoms with Gasteiger partial charge in [-0.2, -0.15) is 13.2 Å². The second-order valence-electron chi connectivity index (χ2n) is 9.82. The lowest BCUT2D eigenvalue weighted by Crippen LogP contribution is -2.59. The molecule has 0 aliphatic heterocycles. The number of anilines is 1. The Hall–Kier alpha value is -3.31. The van der Waals surface area contributed by atoms with E-state index >= 15 is 0 Å². The average Bonchev–Trinajstić information content (AvgIpc) is 3.32. The lowest BCUT2D eigenvalue weighted by molar-refractivity contribution is -0.295. The third-order valence-electron chi connectivity index (χ3n) is 7.03. The number of hydrogen-bond donors (Lipinski definition) is 1. The number of amides is 1. The number of alkyl halides is 3. The van der Waals surface area contributed by atoms with Gasteiger partial charge in [0.15, 0.2) is 5.60 Å². The smallest absolute Gasteiger partial charge is 0.417 e. The van der Waals surface area contributed by atoms with Crippen molar-refractivity contribution in [3.8, 4) is 17.0 Å². The first kappa shape index (κ1) is 28.7. The van der Waals surface area contributed by atoms with Gasteiger partial charge in [0.2, 0.25) is 11.8 Å². The predicted octanol–water partition coefficient (Wildman–Crippen LogP) is 5.78. The van der Waals surface area contributed by atoms with Crippen LogP contribution in [-0.2, 0) is 11.2 Å². The summed E-state index contributed by atoms with van der Waals surface area (Å²) in [5.74, 6) is -1.05. The fourth-order valence-corrected chi connectivity index (χ4v) is 5.48. The maximum atomic E-state index is 13.6. The molecule has 11 heteroatoms. The van der Waals surface area contributed by atoms with E-state index in [9.17, 15) is 23.1 Å². The number of ether oxygens (including phenoxy) is 1. The lowest BCUT2D eigenvalue weighted by atomic mass is 9.69. The van der Waals surface area contributed by atoms with E-state index in [4.69, 9.17) is 4.74 Å². The number of hydrogen-bond acceptors (Lipinski definition) is 7. The Balaban J connectivity index is 1.56. The molecule has 39 heavy (non-hydrogen) atoms. The van der Waals surface area contributed by atoms with Crippen molar-refractivity contribution in [2.45, 2.75) is 50.8 Å². The average molecular weight is 561 g/mol. The highest BCUT2D eigenvalue weighted by Gasteiger charge is 2.63. The number of aryl methyl sites for hydroxylation is 2. The highest BCUT2D eigenvalue weighted by atomic mass is 32.1. The van der Waals surface area contributed by atoms with Crippen LogP contribution in [0.3, 0.4) is 0 Å². The minimum atomic E-state index is -4.78. The number of pyridine rings is 1. The highest BCUT2D eigenvalue weighted by molar-refractivity contribution is 7.11. The van der Waals surface area contributed by atoms with Crippen molar-refractivity contribution in [2.75, 3.05) is 18.6 Å². The number of methoxy groups -OCH3 is 1. The molecule has 1 fully saturated rings. The number of carbonyl (C=O) groups excluding carboxylic acids is 1. The first-order valence-electron chi connectivity index (χ1n) is 12.7. The molecule has 1 aliphatic carbocycles. The standard InChI is InChI=1S/C28H31F3N4O3S/c1-4-19(7-5-10-25-34-33-18(2)39-25)17-35(26(36)22-15-27(37,16-22)28(29,30)31)23-9-6-8-20(13-23)21-11-12-32-24(14-21)38-3/h4,6,8-9,11-14,19,22,37H,1,5,7,10,15-17H2,2-3H3/t19?,22-,27+. The van der Waals surface area contributed by atoms with Crippen molar-refractivity contribution in [1.29, 1.82) is 0 Å². The molecule has 2 aromatic heterocycles. The molecule has 1 unspecified atom stereocenters. The number of nitrogens with zero attached hydrogens (tertiary/aromatic N) is 4. The Kier molecular flexibility index (Phi) is 8.70. The zero-order valence-electron chi connectivity index (χ0n) is 21.8. The van der Waals surface area contributed by atoms with Crippen LogP contribution in [0.1, 0.15) is 35.7 Å². The largest absolute Gasteiger partial charge is 0.481 e. The molecule has 1 atom stereocenters. The molecule has 1 N–H and O–H groups in total. The van der Waals surface area contributed by atoms with Crippen LogP contribution in [0.2, 0.25) is 0 Å². The number of aliphatic hydroxyl groups is 1. The Labute approximate surface area is 229 Å². The van der Waals surface area contributed by atoms with Crippen LogP contribution in [0, 0.1) is 18.8 Å². The molecule has 0 radical (unpaired) electrons. The molecule has 3 aromatic rings. The summed E-state index contributed by atoms with van der Waals surface area (Å²) in [6.45, 7) is 6.09. The summed E-state index contributed by atoms with van der Waals surface area (Å²) in [7, 11) is 1.52. The van der Waals surface area contributed by atoms with Gasteiger partial charge in [-0.1, -0.05) is 18.2 Å². The van der Waals surface area contributed by atoms with Gasteiger partial charge in [-0.05, 0) is 67.9 Å². The van der Waals surface area contributed by atoms with Crippen molar-refractivity contribution in [3.05, 3.63) is 65.3 Å². The first-order valence-corrected chi connectivity index (χ1v) is 13.5. The van der Waals surface area contributed by atoms with Gasteiger partial charge in [-0.15, -0.1) is 28.1 Å². The van der Waals surface area contributed by atoms with Gasteiger partial charge >= 0.3 is 6.18 Å². The van der Waals surface area contributed by atoms with Crippen LogP contribution in [0.15, 0.2) is 55.3 Å². The molecular weight excluding hydrogens is 529 g/mol. The second kappa shape index (κ2) is 11.8. The van der Waals surface area contributed by atoms with E-state index in [1.807, 2.05) is 25.1 Å². The summed E-state index contributed by atoms with van der Waals surface area (Å²) in [6.07, 6.45) is -0.443. The number of benzene rings is 1. The van der Waals surface area contributed by atoms with E-state index in [1.165, 1.54) is 23.3 Å². The predicted molar refractivity (Wildman–Crippen MR) is 144 cm³/mol. The van der Waals surface area contributed by atoms with Crippen LogP contribution in [0.25, 0.3) is 11.1 Å². The molecule has 0 bridgehead atoms. The van der Waals surface area contributed by atoms with Crippen molar-refractivity contribution in [3.63, 3.8) is 0 Å². The van der Waals surface area contributed by atoms with E-state index in [2.05, 4.69) is 21.8 Å². The molecule has 4 rings (SSSR count). The normalized spacial score (nSPS) is 19.7. The lowest BCUT2D eigenvalue weighted by Gasteiger charge is -2.45. The molecule has 1 aromatic carbocycles. The molecule has 7 nitrogen and oxygen atoms in total. The van der Waals surface area contributed by atoms with E-state index in [1.54, 1.807) is 30.5 Å². The maximum Gasteiger partial charge on any atom is 0.417 e. The minimum absolute atomic E-state index is 0.103. The summed E-state index contributed by atoms with van der Waals surface area (Å²) < 4.78 is 45.1. The number of rotatable bonds is 11. The first-order chi connectivity index (χ1) is 18.5. The third-order valence-corrected chi connectivity index (χ3v) is 7.93. The fraction of sp³-hybridized carbons (Fsp3) is 0.429. The number of aromatic nitrogens is 3. The molecule has 2 heterocycles. The van der Waals surface area contributed by atoms with Crippen LogP contribution < -0.4 is 9.64 Å². The van der Waals surface area contributed by atoms with E-state index in [-0.39, 0.29) is 12.5 Å². The molecule has 1 saturated carbocycles. The van der Waals surface area contributed by atoms with Gasteiger partial charge in [0.1, 0.15) is 10.0 Å². The molecule has 0 spiro atoms. The quantitative estimate of drug-likeness (QED) is 0.299. The SMILES string of the molecule is C=CC(CCCc1nnc(C)s1)CN(c1cccc(-c2ccnc(OC)c2)c1)C(=O)[C@H]1C[C@](O)(C(F)(F)F)C1. The van der Waals surface area contributed by atoms with Gasteiger partial charge in [-0.3, -0.25) is 4.79 Å². The highest BCUT2D eigenvalue weighted by Crippen LogP contribution is 2.49. The van der Waals surface area contributed by atoms with Crippen molar-refractivity contribution in [1.82, 2.24) is 15.2 Å². The van der Waals surface area contributed by atoms with Crippen LogP contribution in [-0.4, -0.2) is 51.6 Å². The van der Waals surface area contributed by atoms with Gasteiger partial charge in [0.05, 0.1) is 7.11 Å². The Morgan fingerprint density at radius 3 is 2.67 bits per heavy atom. The van der Waals surface area contributed by atoms with Gasteiger partial charge in [-0.25, -0.2) is 4.98 Å². The number of halogens is 3. The monoisotopic (exact) mass is 560 g/mol.